The van der Waals surface area contributed by atoms with Gasteiger partial charge < -0.3 is 9.88 Å². The summed E-state index contributed by atoms with van der Waals surface area (Å²) in [6.07, 6.45) is 4.81. The maximum atomic E-state index is 12.5. The molecule has 0 bridgehead atoms. The Bertz CT molecular complexity index is 1060. The van der Waals surface area contributed by atoms with Crippen LogP contribution in [0.3, 0.4) is 0 Å². The number of carbonyl (C=O) groups is 1. The standard InChI is InChI=1S/C21H23N5OS2/c1-12-3-4-15(9-13(12)2)17-10-28-20(22-17)23-18(27)11-29-21-25-24-19(14-5-6-14)26(21)16-7-8-16/h3-4,9-10,14,16H,5-8,11H2,1-2H3,(H,22,23,27). The Morgan fingerprint density at radius 1 is 1.21 bits per heavy atom. The molecule has 29 heavy (non-hydrogen) atoms. The van der Waals surface area contributed by atoms with Crippen molar-refractivity contribution in [3.05, 3.63) is 40.5 Å². The predicted molar refractivity (Wildman–Crippen MR) is 117 cm³/mol. The van der Waals surface area contributed by atoms with Crippen molar-refractivity contribution in [1.29, 1.82) is 0 Å². The van der Waals surface area contributed by atoms with E-state index in [0.29, 0.717) is 22.8 Å². The van der Waals surface area contributed by atoms with Crippen molar-refractivity contribution in [3.63, 3.8) is 0 Å². The Hall–Kier alpha value is -2.19. The second-order valence-corrected chi connectivity index (χ2v) is 9.69. The van der Waals surface area contributed by atoms with Crippen LogP contribution in [0, 0.1) is 13.8 Å². The monoisotopic (exact) mass is 425 g/mol. The molecule has 5 rings (SSSR count). The molecule has 0 saturated heterocycles. The molecule has 2 heterocycles. The van der Waals surface area contributed by atoms with Crippen molar-refractivity contribution in [2.75, 3.05) is 11.1 Å². The van der Waals surface area contributed by atoms with Gasteiger partial charge in [-0.25, -0.2) is 4.98 Å². The summed E-state index contributed by atoms with van der Waals surface area (Å²) in [6, 6.07) is 6.84. The van der Waals surface area contributed by atoms with Crippen LogP contribution in [-0.2, 0) is 4.79 Å². The van der Waals surface area contributed by atoms with Gasteiger partial charge in [0.1, 0.15) is 5.82 Å². The summed E-state index contributed by atoms with van der Waals surface area (Å²) in [6.45, 7) is 4.20. The molecule has 150 valence electrons. The second kappa shape index (κ2) is 7.57. The highest BCUT2D eigenvalue weighted by molar-refractivity contribution is 7.99. The molecule has 0 atom stereocenters. The Morgan fingerprint density at radius 3 is 2.76 bits per heavy atom. The summed E-state index contributed by atoms with van der Waals surface area (Å²) in [4.78, 5) is 17.0. The zero-order valence-electron chi connectivity index (χ0n) is 16.5. The first kappa shape index (κ1) is 18.8. The maximum absolute atomic E-state index is 12.5. The van der Waals surface area contributed by atoms with Crippen molar-refractivity contribution >= 4 is 34.1 Å². The molecule has 0 spiro atoms. The van der Waals surface area contributed by atoms with Crippen LogP contribution >= 0.6 is 23.1 Å². The lowest BCUT2D eigenvalue weighted by Gasteiger charge is -2.07. The number of nitrogens with zero attached hydrogens (tertiary/aromatic N) is 4. The molecular weight excluding hydrogens is 402 g/mol. The lowest BCUT2D eigenvalue weighted by molar-refractivity contribution is -0.113. The van der Waals surface area contributed by atoms with E-state index in [-0.39, 0.29) is 5.91 Å². The molecule has 0 aliphatic heterocycles. The summed E-state index contributed by atoms with van der Waals surface area (Å²) in [5.41, 5.74) is 4.47. The van der Waals surface area contributed by atoms with Crippen LogP contribution in [0.5, 0.6) is 0 Å². The molecule has 2 fully saturated rings. The van der Waals surface area contributed by atoms with Gasteiger partial charge in [0.05, 0.1) is 11.4 Å². The Labute approximate surface area is 178 Å². The fourth-order valence-corrected chi connectivity index (χ4v) is 4.88. The first-order valence-electron chi connectivity index (χ1n) is 9.99. The topological polar surface area (TPSA) is 72.7 Å². The van der Waals surface area contributed by atoms with Crippen molar-refractivity contribution in [2.24, 2.45) is 0 Å². The Morgan fingerprint density at radius 2 is 2.03 bits per heavy atom. The van der Waals surface area contributed by atoms with E-state index < -0.39 is 0 Å². The van der Waals surface area contributed by atoms with Crippen LogP contribution in [0.25, 0.3) is 11.3 Å². The van der Waals surface area contributed by atoms with Gasteiger partial charge >= 0.3 is 0 Å². The molecule has 1 amide bonds. The van der Waals surface area contributed by atoms with Gasteiger partial charge in [-0.1, -0.05) is 23.9 Å². The van der Waals surface area contributed by atoms with E-state index in [9.17, 15) is 4.79 Å². The van der Waals surface area contributed by atoms with Crippen LogP contribution < -0.4 is 5.32 Å². The fourth-order valence-electron chi connectivity index (χ4n) is 3.33. The van der Waals surface area contributed by atoms with Crippen molar-refractivity contribution in [2.45, 2.75) is 56.6 Å². The number of hydrogen-bond donors (Lipinski definition) is 1. The molecule has 1 aromatic carbocycles. The van der Waals surface area contributed by atoms with E-state index in [1.54, 1.807) is 0 Å². The quantitative estimate of drug-likeness (QED) is 0.542. The zero-order chi connectivity index (χ0) is 20.0. The third kappa shape index (κ3) is 4.09. The van der Waals surface area contributed by atoms with Crippen LogP contribution in [-0.4, -0.2) is 31.4 Å². The van der Waals surface area contributed by atoms with Gasteiger partial charge in [-0.2, -0.15) is 0 Å². The molecular formula is C21H23N5OS2. The molecule has 1 N–H and O–H groups in total. The van der Waals surface area contributed by atoms with Gasteiger partial charge in [-0.3, -0.25) is 4.79 Å². The second-order valence-electron chi connectivity index (χ2n) is 7.89. The Balaban J connectivity index is 1.22. The van der Waals surface area contributed by atoms with Gasteiger partial charge in [-0.15, -0.1) is 21.5 Å². The van der Waals surface area contributed by atoms with Crippen LogP contribution in [0.2, 0.25) is 0 Å². The third-order valence-electron chi connectivity index (χ3n) is 5.43. The molecule has 2 aromatic heterocycles. The number of amides is 1. The van der Waals surface area contributed by atoms with Gasteiger partial charge in [0.15, 0.2) is 10.3 Å². The first-order valence-corrected chi connectivity index (χ1v) is 11.9. The number of thioether (sulfide) groups is 1. The molecule has 6 nitrogen and oxygen atoms in total. The Kier molecular flexibility index (Phi) is 4.91. The number of rotatable bonds is 7. The van der Waals surface area contributed by atoms with Crippen molar-refractivity contribution < 1.29 is 4.79 Å². The highest BCUT2D eigenvalue weighted by Gasteiger charge is 2.36. The molecule has 8 heteroatoms. The summed E-state index contributed by atoms with van der Waals surface area (Å²) >= 11 is 2.92. The van der Waals surface area contributed by atoms with E-state index in [1.165, 1.54) is 59.9 Å². The van der Waals surface area contributed by atoms with E-state index in [1.807, 2.05) is 5.38 Å². The molecule has 2 saturated carbocycles. The normalized spacial score (nSPS) is 16.2. The highest BCUT2D eigenvalue weighted by Crippen LogP contribution is 2.46. The van der Waals surface area contributed by atoms with E-state index in [4.69, 9.17) is 0 Å². The SMILES string of the molecule is Cc1ccc(-c2csc(NC(=O)CSc3nnc(C4CC4)n3C3CC3)n2)cc1C. The first-order chi connectivity index (χ1) is 14.1. The van der Waals surface area contributed by atoms with Crippen LogP contribution in [0.1, 0.15) is 54.6 Å². The van der Waals surface area contributed by atoms with Crippen molar-refractivity contribution in [1.82, 2.24) is 19.7 Å². The lowest BCUT2D eigenvalue weighted by atomic mass is 10.1. The minimum absolute atomic E-state index is 0.0608. The van der Waals surface area contributed by atoms with Gasteiger partial charge in [0.25, 0.3) is 0 Å². The summed E-state index contributed by atoms with van der Waals surface area (Å²) in [5.74, 6) is 1.95. The molecule has 2 aliphatic rings. The number of hydrogen-bond acceptors (Lipinski definition) is 6. The number of nitrogens with one attached hydrogen (secondary N) is 1. The zero-order valence-corrected chi connectivity index (χ0v) is 18.1. The summed E-state index contributed by atoms with van der Waals surface area (Å²) in [7, 11) is 0. The number of benzene rings is 1. The van der Waals surface area contributed by atoms with Gasteiger partial charge in [-0.05, 0) is 56.7 Å². The minimum atomic E-state index is -0.0608. The number of aryl methyl sites for hydroxylation is 2. The summed E-state index contributed by atoms with van der Waals surface area (Å²) < 4.78 is 2.27. The maximum Gasteiger partial charge on any atom is 0.236 e. The third-order valence-corrected chi connectivity index (χ3v) is 7.13. The summed E-state index contributed by atoms with van der Waals surface area (Å²) in [5, 5.41) is 15.2. The lowest BCUT2D eigenvalue weighted by Crippen LogP contribution is -2.14. The highest BCUT2D eigenvalue weighted by atomic mass is 32.2. The van der Waals surface area contributed by atoms with E-state index >= 15 is 0 Å². The molecule has 3 aromatic rings. The van der Waals surface area contributed by atoms with Crippen molar-refractivity contribution in [3.8, 4) is 11.3 Å². The molecule has 0 unspecified atom stereocenters. The van der Waals surface area contributed by atoms with Gasteiger partial charge in [0, 0.05) is 22.9 Å². The predicted octanol–water partition coefficient (Wildman–Crippen LogP) is 4.96. The average Bonchev–Trinajstić information content (AvgIpc) is 3.64. The average molecular weight is 426 g/mol. The largest absolute Gasteiger partial charge is 0.303 e. The van der Waals surface area contributed by atoms with E-state index in [2.05, 4.69) is 57.1 Å². The van der Waals surface area contributed by atoms with E-state index in [0.717, 1.165) is 22.2 Å². The van der Waals surface area contributed by atoms with Crippen LogP contribution in [0.4, 0.5) is 5.13 Å². The molecule has 2 aliphatic carbocycles. The van der Waals surface area contributed by atoms with Gasteiger partial charge in [0.2, 0.25) is 5.91 Å². The number of anilines is 1. The smallest absolute Gasteiger partial charge is 0.236 e. The minimum Gasteiger partial charge on any atom is -0.303 e. The number of aromatic nitrogens is 4. The van der Waals surface area contributed by atoms with Crippen LogP contribution in [0.15, 0.2) is 28.7 Å². The number of thiazole rings is 1. The fraction of sp³-hybridized carbons (Fsp3) is 0.429. The number of carbonyl (C=O) groups excluding carboxylic acids is 1. The molecule has 0 radical (unpaired) electrons.